The number of thiazole rings is 1. The van der Waals surface area contributed by atoms with Crippen LogP contribution in [-0.2, 0) is 10.0 Å². The Bertz CT molecular complexity index is 736. The van der Waals surface area contributed by atoms with Gasteiger partial charge in [-0.15, -0.1) is 0 Å². The van der Waals surface area contributed by atoms with E-state index < -0.39 is 14.9 Å². The van der Waals surface area contributed by atoms with Gasteiger partial charge in [0.15, 0.2) is 4.21 Å². The molecule has 6 nitrogen and oxygen atoms in total. The molecule has 2 aromatic rings. The van der Waals surface area contributed by atoms with E-state index in [9.17, 15) is 13.2 Å². The second-order valence-corrected chi connectivity index (χ2v) is 6.66. The average Bonchev–Trinajstić information content (AvgIpc) is 2.62. The summed E-state index contributed by atoms with van der Waals surface area (Å²) >= 11 is 6.45. The Morgan fingerprint density at radius 3 is 2.78 bits per heavy atom. The number of anilines is 1. The third-order valence-electron chi connectivity index (χ3n) is 2.04. The van der Waals surface area contributed by atoms with Crippen molar-refractivity contribution in [3.8, 4) is 0 Å². The zero-order valence-electron chi connectivity index (χ0n) is 9.10. The highest BCUT2D eigenvalue weighted by molar-refractivity contribution is 7.94. The molecule has 2 N–H and O–H groups in total. The van der Waals surface area contributed by atoms with Crippen LogP contribution in [-0.4, -0.2) is 18.4 Å². The molecule has 2 heterocycles. The number of rotatable bonds is 3. The van der Waals surface area contributed by atoms with Gasteiger partial charge in [0.25, 0.3) is 10.0 Å². The molecule has 0 aromatic carbocycles. The number of aryl methyl sites for hydroxylation is 1. The fourth-order valence-corrected chi connectivity index (χ4v) is 3.87. The number of nitrogens with one attached hydrogen (secondary N) is 2. The number of hydrogen-bond donors (Lipinski definition) is 2. The summed E-state index contributed by atoms with van der Waals surface area (Å²) in [6.45, 7) is 1.51. The molecule has 18 heavy (non-hydrogen) atoms. The second kappa shape index (κ2) is 4.71. The molecule has 0 saturated carbocycles. The summed E-state index contributed by atoms with van der Waals surface area (Å²) in [5.41, 5.74) is 0.455. The van der Waals surface area contributed by atoms with E-state index >= 15 is 0 Å². The number of aromatic nitrogens is 2. The van der Waals surface area contributed by atoms with Crippen LogP contribution < -0.4 is 9.60 Å². The molecule has 0 aliphatic carbocycles. The van der Waals surface area contributed by atoms with Crippen LogP contribution in [0, 0.1) is 6.92 Å². The Kier molecular flexibility index (Phi) is 3.42. The van der Waals surface area contributed by atoms with Gasteiger partial charge in [-0.05, 0) is 13.0 Å². The Morgan fingerprint density at radius 2 is 2.22 bits per heavy atom. The number of hydrogen-bond acceptors (Lipinski definition) is 5. The second-order valence-electron chi connectivity index (χ2n) is 3.39. The number of nitrogens with zero attached hydrogens (tertiary/aromatic N) is 1. The molecule has 0 aliphatic rings. The summed E-state index contributed by atoms with van der Waals surface area (Å²) in [5, 5.41) is 0.231. The summed E-state index contributed by atoms with van der Waals surface area (Å²) in [7, 11) is -3.83. The fourth-order valence-electron chi connectivity index (χ4n) is 1.29. The van der Waals surface area contributed by atoms with Gasteiger partial charge in [-0.3, -0.25) is 14.5 Å². The first-order chi connectivity index (χ1) is 8.40. The summed E-state index contributed by atoms with van der Waals surface area (Å²) in [5.74, 6) is 0. The lowest BCUT2D eigenvalue weighted by atomic mass is 10.4. The van der Waals surface area contributed by atoms with Crippen LogP contribution in [0.2, 0.25) is 5.02 Å². The molecular formula is C9H8ClN3O3S2. The summed E-state index contributed by atoms with van der Waals surface area (Å²) < 4.78 is 26.3. The quantitative estimate of drug-likeness (QED) is 0.901. The molecule has 96 valence electrons. The third kappa shape index (κ3) is 2.55. The minimum atomic E-state index is -3.83. The van der Waals surface area contributed by atoms with E-state index in [2.05, 4.69) is 14.7 Å². The molecular weight excluding hydrogens is 298 g/mol. The number of aromatic amines is 1. The fraction of sp³-hybridized carbons (Fsp3) is 0.111. The maximum absolute atomic E-state index is 12.0. The monoisotopic (exact) mass is 305 g/mol. The van der Waals surface area contributed by atoms with Crippen molar-refractivity contribution in [2.75, 3.05) is 4.72 Å². The van der Waals surface area contributed by atoms with Crippen molar-refractivity contribution in [1.29, 1.82) is 0 Å². The first-order valence-corrected chi connectivity index (χ1v) is 7.40. The Labute approximate surface area is 112 Å². The first-order valence-electron chi connectivity index (χ1n) is 4.72. The minimum absolute atomic E-state index is 0.0626. The summed E-state index contributed by atoms with van der Waals surface area (Å²) in [6.07, 6.45) is 2.74. The Balaban J connectivity index is 2.43. The number of pyridine rings is 1. The molecule has 0 atom stereocenters. The summed E-state index contributed by atoms with van der Waals surface area (Å²) in [6, 6.07) is 1.46. The van der Waals surface area contributed by atoms with Gasteiger partial charge in [0.1, 0.15) is 0 Å². The highest BCUT2D eigenvalue weighted by atomic mass is 35.5. The van der Waals surface area contributed by atoms with Crippen molar-refractivity contribution in [3.05, 3.63) is 38.8 Å². The molecule has 0 bridgehead atoms. The van der Waals surface area contributed by atoms with Crippen LogP contribution in [0.25, 0.3) is 0 Å². The molecule has 0 amide bonds. The van der Waals surface area contributed by atoms with Crippen molar-refractivity contribution < 1.29 is 8.42 Å². The average molecular weight is 306 g/mol. The van der Waals surface area contributed by atoms with E-state index in [1.165, 1.54) is 25.4 Å². The molecule has 0 fully saturated rings. The molecule has 2 aromatic heterocycles. The Morgan fingerprint density at radius 1 is 1.50 bits per heavy atom. The van der Waals surface area contributed by atoms with Gasteiger partial charge >= 0.3 is 4.87 Å². The van der Waals surface area contributed by atoms with Crippen molar-refractivity contribution >= 4 is 38.6 Å². The van der Waals surface area contributed by atoms with Crippen LogP contribution in [0.4, 0.5) is 5.69 Å². The molecule has 9 heteroatoms. The van der Waals surface area contributed by atoms with Gasteiger partial charge in [0.05, 0.1) is 16.9 Å². The minimum Gasteiger partial charge on any atom is -0.315 e. The molecule has 0 spiro atoms. The predicted molar refractivity (Wildman–Crippen MR) is 69.7 cm³/mol. The first kappa shape index (κ1) is 13.1. The zero-order chi connectivity index (χ0) is 13.3. The van der Waals surface area contributed by atoms with Gasteiger partial charge in [0.2, 0.25) is 0 Å². The van der Waals surface area contributed by atoms with E-state index in [-0.39, 0.29) is 20.6 Å². The number of sulfonamides is 1. The maximum atomic E-state index is 12.0. The number of H-pyrrole nitrogens is 1. The van der Waals surface area contributed by atoms with Crippen LogP contribution in [0.15, 0.2) is 27.5 Å². The van der Waals surface area contributed by atoms with Crippen LogP contribution in [0.5, 0.6) is 0 Å². The lowest BCUT2D eigenvalue weighted by Crippen LogP contribution is -2.13. The van der Waals surface area contributed by atoms with E-state index in [1.54, 1.807) is 0 Å². The van der Waals surface area contributed by atoms with Crippen molar-refractivity contribution in [1.82, 2.24) is 9.97 Å². The van der Waals surface area contributed by atoms with Gasteiger partial charge in [-0.2, -0.15) is 0 Å². The SMILES string of the molecule is Cc1[nH]c(=O)sc1S(=O)(=O)Nc1cnccc1Cl. The van der Waals surface area contributed by atoms with E-state index in [1.807, 2.05) is 0 Å². The highest BCUT2D eigenvalue weighted by Crippen LogP contribution is 2.24. The van der Waals surface area contributed by atoms with E-state index in [4.69, 9.17) is 11.6 Å². The topological polar surface area (TPSA) is 91.9 Å². The maximum Gasteiger partial charge on any atom is 0.306 e. The Hall–Kier alpha value is -1.38. The largest absolute Gasteiger partial charge is 0.315 e. The van der Waals surface area contributed by atoms with Crippen molar-refractivity contribution in [3.63, 3.8) is 0 Å². The number of halogens is 1. The van der Waals surface area contributed by atoms with Crippen LogP contribution in [0.1, 0.15) is 5.69 Å². The zero-order valence-corrected chi connectivity index (χ0v) is 11.5. The molecule has 0 saturated heterocycles. The van der Waals surface area contributed by atoms with Gasteiger partial charge in [0, 0.05) is 11.9 Å². The molecule has 0 unspecified atom stereocenters. The predicted octanol–water partition coefficient (Wildman–Crippen LogP) is 1.59. The normalized spacial score (nSPS) is 11.4. The van der Waals surface area contributed by atoms with Crippen LogP contribution >= 0.6 is 22.9 Å². The standard InChI is InChI=1S/C9H8ClN3O3S2/c1-5-8(17-9(14)12-5)18(15,16)13-7-4-11-3-2-6(7)10/h2-4,13H,1H3,(H,12,14). The van der Waals surface area contributed by atoms with Crippen molar-refractivity contribution in [2.24, 2.45) is 0 Å². The van der Waals surface area contributed by atoms with E-state index in [0.717, 1.165) is 0 Å². The smallest absolute Gasteiger partial charge is 0.306 e. The van der Waals surface area contributed by atoms with Gasteiger partial charge < -0.3 is 4.98 Å². The third-order valence-corrected chi connectivity index (χ3v) is 5.34. The lowest BCUT2D eigenvalue weighted by Gasteiger charge is -2.07. The van der Waals surface area contributed by atoms with Gasteiger partial charge in [-0.25, -0.2) is 8.42 Å². The molecule has 2 rings (SSSR count). The van der Waals surface area contributed by atoms with Crippen molar-refractivity contribution in [2.45, 2.75) is 11.1 Å². The lowest BCUT2D eigenvalue weighted by molar-refractivity contribution is 0.602. The molecule has 0 aliphatic heterocycles. The summed E-state index contributed by atoms with van der Waals surface area (Å²) in [4.78, 5) is 16.9. The van der Waals surface area contributed by atoms with E-state index in [0.29, 0.717) is 11.3 Å². The molecule has 0 radical (unpaired) electrons. The van der Waals surface area contributed by atoms with Crippen LogP contribution in [0.3, 0.4) is 0 Å². The highest BCUT2D eigenvalue weighted by Gasteiger charge is 2.21. The van der Waals surface area contributed by atoms with Gasteiger partial charge in [-0.1, -0.05) is 22.9 Å².